The van der Waals surface area contributed by atoms with E-state index in [0.29, 0.717) is 18.9 Å². The number of aryl methyl sites for hydroxylation is 1. The van der Waals surface area contributed by atoms with E-state index in [1.165, 1.54) is 0 Å². The molecule has 2 aliphatic rings. The van der Waals surface area contributed by atoms with Gasteiger partial charge in [-0.15, -0.1) is 0 Å². The van der Waals surface area contributed by atoms with E-state index in [9.17, 15) is 9.59 Å². The largest absolute Gasteiger partial charge is 0.444 e. The number of aromatic nitrogens is 1. The third kappa shape index (κ3) is 4.26. The fourth-order valence-electron chi connectivity index (χ4n) is 2.87. The molecule has 3 rings (SSSR count). The standard InChI is InChI=1S/C19H28N4O3/c1-12-6-9-15(21-17(24)13-7-8-13)20-16(12)22(5)14-10-23(11-14)18(25)26-19(2,3)4/h6,9,13-14H,7-8,10-11H2,1-5H3,(H,20,21,24). The van der Waals surface area contributed by atoms with Crippen molar-refractivity contribution in [2.75, 3.05) is 30.4 Å². The smallest absolute Gasteiger partial charge is 0.410 e. The number of likely N-dealkylation sites (tertiary alicyclic amines) is 1. The van der Waals surface area contributed by atoms with E-state index in [4.69, 9.17) is 4.74 Å². The van der Waals surface area contributed by atoms with E-state index in [0.717, 1.165) is 24.2 Å². The predicted octanol–water partition coefficient (Wildman–Crippen LogP) is 2.79. The average molecular weight is 360 g/mol. The zero-order valence-corrected chi connectivity index (χ0v) is 16.2. The van der Waals surface area contributed by atoms with Gasteiger partial charge in [-0.05, 0) is 52.2 Å². The Hall–Kier alpha value is -2.31. The number of hydrogen-bond acceptors (Lipinski definition) is 5. The molecule has 7 nitrogen and oxygen atoms in total. The number of carbonyl (C=O) groups is 2. The number of nitrogens with one attached hydrogen (secondary N) is 1. The van der Waals surface area contributed by atoms with E-state index in [-0.39, 0.29) is 24.0 Å². The summed E-state index contributed by atoms with van der Waals surface area (Å²) in [7, 11) is 1.97. The van der Waals surface area contributed by atoms with Crippen LogP contribution < -0.4 is 10.2 Å². The van der Waals surface area contributed by atoms with Crippen molar-refractivity contribution in [2.45, 2.75) is 52.2 Å². The van der Waals surface area contributed by atoms with Gasteiger partial charge in [-0.1, -0.05) is 6.07 Å². The summed E-state index contributed by atoms with van der Waals surface area (Å²) < 4.78 is 5.40. The van der Waals surface area contributed by atoms with Crippen molar-refractivity contribution in [1.29, 1.82) is 0 Å². The molecule has 0 aromatic carbocycles. The van der Waals surface area contributed by atoms with E-state index in [1.54, 1.807) is 4.90 Å². The van der Waals surface area contributed by atoms with Crippen molar-refractivity contribution in [1.82, 2.24) is 9.88 Å². The van der Waals surface area contributed by atoms with Gasteiger partial charge in [0.2, 0.25) is 5.91 Å². The second kappa shape index (κ2) is 6.78. The fraction of sp³-hybridized carbons (Fsp3) is 0.632. The molecule has 26 heavy (non-hydrogen) atoms. The first-order chi connectivity index (χ1) is 12.1. The molecule has 0 atom stereocenters. The minimum atomic E-state index is -0.486. The number of hydrogen-bond donors (Lipinski definition) is 1. The minimum Gasteiger partial charge on any atom is -0.444 e. The molecule has 7 heteroatoms. The second-order valence-electron chi connectivity index (χ2n) is 8.25. The number of nitrogens with zero attached hydrogens (tertiary/aromatic N) is 3. The normalized spacial score (nSPS) is 17.5. The van der Waals surface area contributed by atoms with Crippen LogP contribution in [0.3, 0.4) is 0 Å². The third-order valence-electron chi connectivity index (χ3n) is 4.67. The van der Waals surface area contributed by atoms with Crippen LogP contribution in [0.4, 0.5) is 16.4 Å². The Kier molecular flexibility index (Phi) is 4.82. The first-order valence-corrected chi connectivity index (χ1v) is 9.13. The lowest BCUT2D eigenvalue weighted by atomic mass is 10.1. The van der Waals surface area contributed by atoms with Gasteiger partial charge < -0.3 is 19.9 Å². The Balaban J connectivity index is 1.60. The summed E-state index contributed by atoms with van der Waals surface area (Å²) in [6.45, 7) is 8.79. The first-order valence-electron chi connectivity index (χ1n) is 9.13. The number of pyridine rings is 1. The predicted molar refractivity (Wildman–Crippen MR) is 100 cm³/mol. The highest BCUT2D eigenvalue weighted by molar-refractivity contribution is 5.93. The Morgan fingerprint density at radius 2 is 1.92 bits per heavy atom. The third-order valence-corrected chi connectivity index (χ3v) is 4.67. The Bertz CT molecular complexity index is 703. The van der Waals surface area contributed by atoms with Crippen molar-refractivity contribution in [3.05, 3.63) is 17.7 Å². The summed E-state index contributed by atoms with van der Waals surface area (Å²) in [5, 5.41) is 2.89. The van der Waals surface area contributed by atoms with Gasteiger partial charge in [0.05, 0.1) is 6.04 Å². The van der Waals surface area contributed by atoms with Crippen LogP contribution in [0.5, 0.6) is 0 Å². The van der Waals surface area contributed by atoms with Crippen LogP contribution in [-0.4, -0.2) is 53.7 Å². The van der Waals surface area contributed by atoms with Gasteiger partial charge in [-0.2, -0.15) is 0 Å². The molecule has 1 saturated carbocycles. The molecule has 0 bridgehead atoms. The molecule has 142 valence electrons. The Labute approximate surface area is 154 Å². The summed E-state index contributed by atoms with van der Waals surface area (Å²) in [5.41, 5.74) is 0.549. The van der Waals surface area contributed by atoms with Crippen LogP contribution in [0.2, 0.25) is 0 Å². The molecule has 1 N–H and O–H groups in total. The highest BCUT2D eigenvalue weighted by Crippen LogP contribution is 2.31. The minimum absolute atomic E-state index is 0.0506. The van der Waals surface area contributed by atoms with E-state index in [2.05, 4.69) is 15.2 Å². The molecular formula is C19H28N4O3. The number of amides is 2. The Morgan fingerprint density at radius 3 is 2.50 bits per heavy atom. The molecule has 2 amide bonds. The van der Waals surface area contributed by atoms with Gasteiger partial charge >= 0.3 is 6.09 Å². The van der Waals surface area contributed by atoms with Gasteiger partial charge in [-0.25, -0.2) is 9.78 Å². The van der Waals surface area contributed by atoms with Crippen molar-refractivity contribution < 1.29 is 14.3 Å². The highest BCUT2D eigenvalue weighted by atomic mass is 16.6. The van der Waals surface area contributed by atoms with Crippen molar-refractivity contribution in [2.24, 2.45) is 5.92 Å². The van der Waals surface area contributed by atoms with Crippen LogP contribution in [-0.2, 0) is 9.53 Å². The maximum Gasteiger partial charge on any atom is 0.410 e. The lowest BCUT2D eigenvalue weighted by Gasteiger charge is -2.44. The van der Waals surface area contributed by atoms with E-state index >= 15 is 0 Å². The fourth-order valence-corrected chi connectivity index (χ4v) is 2.87. The molecule has 0 radical (unpaired) electrons. The maximum atomic E-state index is 12.1. The lowest BCUT2D eigenvalue weighted by Crippen LogP contribution is -2.61. The summed E-state index contributed by atoms with van der Waals surface area (Å²) in [6.07, 6.45) is 1.65. The van der Waals surface area contributed by atoms with Crippen molar-refractivity contribution in [3.8, 4) is 0 Å². The monoisotopic (exact) mass is 360 g/mol. The van der Waals surface area contributed by atoms with Crippen LogP contribution in [0.1, 0.15) is 39.2 Å². The molecule has 1 saturated heterocycles. The van der Waals surface area contributed by atoms with Crippen LogP contribution >= 0.6 is 0 Å². The molecule has 2 fully saturated rings. The van der Waals surface area contributed by atoms with E-state index in [1.807, 2.05) is 46.9 Å². The number of rotatable bonds is 4. The van der Waals surface area contributed by atoms with Crippen LogP contribution in [0, 0.1) is 12.8 Å². The van der Waals surface area contributed by atoms with Crippen LogP contribution in [0.15, 0.2) is 12.1 Å². The lowest BCUT2D eigenvalue weighted by molar-refractivity contribution is -0.117. The van der Waals surface area contributed by atoms with E-state index < -0.39 is 5.60 Å². The number of carbonyl (C=O) groups excluding carboxylic acids is 2. The molecule has 1 aliphatic heterocycles. The maximum absolute atomic E-state index is 12.1. The van der Waals surface area contributed by atoms with Gasteiger partial charge in [0.1, 0.15) is 17.2 Å². The van der Waals surface area contributed by atoms with Crippen molar-refractivity contribution in [3.63, 3.8) is 0 Å². The molecule has 2 heterocycles. The average Bonchev–Trinajstić information content (AvgIpc) is 3.30. The molecule has 0 unspecified atom stereocenters. The summed E-state index contributed by atoms with van der Waals surface area (Å²) in [5.74, 6) is 1.60. The van der Waals surface area contributed by atoms with Gasteiger partial charge in [0.25, 0.3) is 0 Å². The molecule has 1 aromatic heterocycles. The first kappa shape index (κ1) is 18.5. The number of likely N-dealkylation sites (N-methyl/N-ethyl adjacent to an activating group) is 1. The summed E-state index contributed by atoms with van der Waals surface area (Å²) in [6, 6.07) is 3.98. The zero-order chi connectivity index (χ0) is 19.1. The summed E-state index contributed by atoms with van der Waals surface area (Å²) in [4.78, 5) is 32.4. The summed E-state index contributed by atoms with van der Waals surface area (Å²) >= 11 is 0. The molecule has 0 spiro atoms. The Morgan fingerprint density at radius 1 is 1.27 bits per heavy atom. The molecule has 1 aliphatic carbocycles. The zero-order valence-electron chi connectivity index (χ0n) is 16.2. The second-order valence-corrected chi connectivity index (χ2v) is 8.25. The number of ether oxygens (including phenoxy) is 1. The quantitative estimate of drug-likeness (QED) is 0.894. The SMILES string of the molecule is Cc1ccc(NC(=O)C2CC2)nc1N(C)C1CN(C(=O)OC(C)(C)C)C1. The topological polar surface area (TPSA) is 74.8 Å². The molecule has 1 aromatic rings. The van der Waals surface area contributed by atoms with Gasteiger partial charge in [0.15, 0.2) is 0 Å². The van der Waals surface area contributed by atoms with Gasteiger partial charge in [0, 0.05) is 26.1 Å². The van der Waals surface area contributed by atoms with Crippen molar-refractivity contribution >= 4 is 23.6 Å². The van der Waals surface area contributed by atoms with Gasteiger partial charge in [-0.3, -0.25) is 4.79 Å². The highest BCUT2D eigenvalue weighted by Gasteiger charge is 2.37. The number of anilines is 2. The van der Waals surface area contributed by atoms with Crippen LogP contribution in [0.25, 0.3) is 0 Å². The molecular weight excluding hydrogens is 332 g/mol.